The van der Waals surface area contributed by atoms with Gasteiger partial charge in [0.1, 0.15) is 0 Å². The molecular formula is C30H55N. The zero-order chi connectivity index (χ0) is 22.2. The number of nitrogens with one attached hydrogen (secondary N) is 1. The van der Waals surface area contributed by atoms with Gasteiger partial charge in [-0.05, 0) is 30.9 Å². The van der Waals surface area contributed by atoms with Gasteiger partial charge in [0.25, 0.3) is 0 Å². The van der Waals surface area contributed by atoms with Crippen molar-refractivity contribution in [1.82, 2.24) is 0 Å². The molecule has 1 aromatic rings. The first-order valence-corrected chi connectivity index (χ1v) is 14.2. The molecule has 180 valence electrons. The number of rotatable bonds is 23. The molecule has 1 heteroatoms. The van der Waals surface area contributed by atoms with Crippen LogP contribution in [0.1, 0.15) is 142 Å². The predicted molar refractivity (Wildman–Crippen MR) is 142 cm³/mol. The van der Waals surface area contributed by atoms with Gasteiger partial charge in [-0.15, -0.1) is 0 Å². The van der Waals surface area contributed by atoms with E-state index < -0.39 is 0 Å². The Morgan fingerprint density at radius 3 is 1.32 bits per heavy atom. The third kappa shape index (κ3) is 18.3. The summed E-state index contributed by atoms with van der Waals surface area (Å²) in [5.41, 5.74) is 1.28. The smallest absolute Gasteiger partial charge is 0.0340 e. The summed E-state index contributed by atoms with van der Waals surface area (Å²) >= 11 is 0. The summed E-state index contributed by atoms with van der Waals surface area (Å²) in [6.45, 7) is 5.76. The SMILES string of the molecule is CCCCCCCCCCCCC(CCCCCCCCCC)CNc1ccccc1. The standard InChI is InChI=1S/C30H55N/c1-3-5-7-9-11-13-14-16-18-21-25-29(28-31-30-26-22-19-23-27-30)24-20-17-15-12-10-8-6-4-2/h19,22-23,26-27,29,31H,3-18,20-21,24-25,28H2,1-2H3. The summed E-state index contributed by atoms with van der Waals surface area (Å²) in [4.78, 5) is 0. The Kier molecular flexibility index (Phi) is 20.1. The minimum Gasteiger partial charge on any atom is -0.385 e. The maximum atomic E-state index is 3.71. The van der Waals surface area contributed by atoms with E-state index in [1.807, 2.05) is 0 Å². The van der Waals surface area contributed by atoms with E-state index in [9.17, 15) is 0 Å². The monoisotopic (exact) mass is 429 g/mol. The van der Waals surface area contributed by atoms with Gasteiger partial charge in [0.2, 0.25) is 0 Å². The van der Waals surface area contributed by atoms with Crippen LogP contribution in [0, 0.1) is 5.92 Å². The molecule has 1 atom stereocenters. The van der Waals surface area contributed by atoms with Crippen molar-refractivity contribution in [3.05, 3.63) is 30.3 Å². The average Bonchev–Trinajstić information content (AvgIpc) is 2.80. The fraction of sp³-hybridized carbons (Fsp3) is 0.800. The maximum Gasteiger partial charge on any atom is 0.0340 e. The van der Waals surface area contributed by atoms with E-state index in [-0.39, 0.29) is 0 Å². The van der Waals surface area contributed by atoms with Crippen molar-refractivity contribution in [1.29, 1.82) is 0 Å². The molecule has 0 saturated heterocycles. The quantitative estimate of drug-likeness (QED) is 0.170. The molecule has 31 heavy (non-hydrogen) atoms. The van der Waals surface area contributed by atoms with Crippen LogP contribution in [0.15, 0.2) is 30.3 Å². The van der Waals surface area contributed by atoms with Crippen LogP contribution in [0.2, 0.25) is 0 Å². The summed E-state index contributed by atoms with van der Waals surface area (Å²) in [5, 5.41) is 3.71. The van der Waals surface area contributed by atoms with E-state index in [0.29, 0.717) is 0 Å². The number of hydrogen-bond acceptors (Lipinski definition) is 1. The second kappa shape index (κ2) is 22.2. The first-order valence-electron chi connectivity index (χ1n) is 14.2. The van der Waals surface area contributed by atoms with Gasteiger partial charge in [-0.3, -0.25) is 0 Å². The van der Waals surface area contributed by atoms with Gasteiger partial charge in [-0.1, -0.05) is 148 Å². The van der Waals surface area contributed by atoms with Gasteiger partial charge in [0.15, 0.2) is 0 Å². The lowest BCUT2D eigenvalue weighted by Crippen LogP contribution is -2.14. The van der Waals surface area contributed by atoms with Crippen LogP contribution >= 0.6 is 0 Å². The molecule has 1 unspecified atom stereocenters. The molecule has 0 radical (unpaired) electrons. The van der Waals surface area contributed by atoms with E-state index in [4.69, 9.17) is 0 Å². The highest BCUT2D eigenvalue weighted by atomic mass is 14.9. The van der Waals surface area contributed by atoms with Crippen molar-refractivity contribution in [3.63, 3.8) is 0 Å². The van der Waals surface area contributed by atoms with Crippen molar-refractivity contribution in [3.8, 4) is 0 Å². The summed E-state index contributed by atoms with van der Waals surface area (Å²) in [5.74, 6) is 0.842. The molecule has 1 aromatic carbocycles. The first-order chi connectivity index (χ1) is 15.4. The third-order valence-corrected chi connectivity index (χ3v) is 6.80. The molecule has 1 nitrogen and oxygen atoms in total. The van der Waals surface area contributed by atoms with E-state index in [1.165, 1.54) is 134 Å². The minimum absolute atomic E-state index is 0.842. The van der Waals surface area contributed by atoms with Crippen LogP contribution in [0.3, 0.4) is 0 Å². The normalized spacial score (nSPS) is 12.2. The van der Waals surface area contributed by atoms with Gasteiger partial charge in [-0.2, -0.15) is 0 Å². The van der Waals surface area contributed by atoms with E-state index in [1.54, 1.807) is 0 Å². The van der Waals surface area contributed by atoms with Crippen LogP contribution in [-0.4, -0.2) is 6.54 Å². The predicted octanol–water partition coefficient (Wildman–Crippen LogP) is 10.6. The third-order valence-electron chi connectivity index (χ3n) is 6.80. The van der Waals surface area contributed by atoms with Gasteiger partial charge in [0, 0.05) is 12.2 Å². The summed E-state index contributed by atoms with van der Waals surface area (Å²) < 4.78 is 0. The second-order valence-electron chi connectivity index (χ2n) is 9.85. The van der Waals surface area contributed by atoms with Crippen LogP contribution < -0.4 is 5.32 Å². The highest BCUT2D eigenvalue weighted by molar-refractivity contribution is 5.42. The highest BCUT2D eigenvalue weighted by Gasteiger charge is 2.09. The van der Waals surface area contributed by atoms with E-state index in [0.717, 1.165) is 12.5 Å². The van der Waals surface area contributed by atoms with Crippen molar-refractivity contribution in [2.24, 2.45) is 5.92 Å². The first kappa shape index (κ1) is 28.1. The Morgan fingerprint density at radius 1 is 0.516 bits per heavy atom. The van der Waals surface area contributed by atoms with Crippen LogP contribution in [0.4, 0.5) is 5.69 Å². The fourth-order valence-electron chi connectivity index (χ4n) is 4.65. The van der Waals surface area contributed by atoms with E-state index >= 15 is 0 Å². The molecule has 0 aromatic heterocycles. The molecule has 1 N–H and O–H groups in total. The van der Waals surface area contributed by atoms with Gasteiger partial charge in [0.05, 0.1) is 0 Å². The molecule has 0 bridgehead atoms. The molecular weight excluding hydrogens is 374 g/mol. The largest absolute Gasteiger partial charge is 0.385 e. The molecule has 0 aliphatic heterocycles. The lowest BCUT2D eigenvalue weighted by Gasteiger charge is -2.18. The topological polar surface area (TPSA) is 12.0 Å². The Morgan fingerprint density at radius 2 is 0.903 bits per heavy atom. The lowest BCUT2D eigenvalue weighted by atomic mass is 9.93. The Labute approximate surface area is 196 Å². The zero-order valence-corrected chi connectivity index (χ0v) is 21.3. The summed E-state index contributed by atoms with van der Waals surface area (Å²) in [6.07, 6.45) is 28.6. The van der Waals surface area contributed by atoms with Gasteiger partial charge < -0.3 is 5.32 Å². The molecule has 0 saturated carbocycles. The Hall–Kier alpha value is -0.980. The molecule has 0 fully saturated rings. The lowest BCUT2D eigenvalue weighted by molar-refractivity contribution is 0.417. The molecule has 0 amide bonds. The molecule has 0 aliphatic carbocycles. The van der Waals surface area contributed by atoms with Crippen molar-refractivity contribution in [2.75, 3.05) is 11.9 Å². The highest BCUT2D eigenvalue weighted by Crippen LogP contribution is 2.21. The molecule has 1 rings (SSSR count). The van der Waals surface area contributed by atoms with Gasteiger partial charge >= 0.3 is 0 Å². The number of benzene rings is 1. The number of unbranched alkanes of at least 4 members (excludes halogenated alkanes) is 16. The van der Waals surface area contributed by atoms with Crippen LogP contribution in [0.5, 0.6) is 0 Å². The number of hydrogen-bond donors (Lipinski definition) is 1. The molecule has 0 spiro atoms. The van der Waals surface area contributed by atoms with Crippen LogP contribution in [0.25, 0.3) is 0 Å². The average molecular weight is 430 g/mol. The Balaban J connectivity index is 2.14. The second-order valence-corrected chi connectivity index (χ2v) is 9.85. The Bertz CT molecular complexity index is 455. The zero-order valence-electron chi connectivity index (χ0n) is 21.3. The fourth-order valence-corrected chi connectivity index (χ4v) is 4.65. The number of anilines is 1. The van der Waals surface area contributed by atoms with Crippen molar-refractivity contribution >= 4 is 5.69 Å². The van der Waals surface area contributed by atoms with E-state index in [2.05, 4.69) is 49.5 Å². The number of para-hydroxylation sites is 1. The molecule has 0 aliphatic rings. The van der Waals surface area contributed by atoms with Crippen LogP contribution in [-0.2, 0) is 0 Å². The summed E-state index contributed by atoms with van der Waals surface area (Å²) in [7, 11) is 0. The summed E-state index contributed by atoms with van der Waals surface area (Å²) in [6, 6.07) is 10.8. The van der Waals surface area contributed by atoms with Crippen molar-refractivity contribution in [2.45, 2.75) is 142 Å². The minimum atomic E-state index is 0.842. The van der Waals surface area contributed by atoms with Gasteiger partial charge in [-0.25, -0.2) is 0 Å². The van der Waals surface area contributed by atoms with Crippen molar-refractivity contribution < 1.29 is 0 Å². The maximum absolute atomic E-state index is 3.71. The molecule has 0 heterocycles.